The van der Waals surface area contributed by atoms with E-state index < -0.39 is 0 Å². The molecule has 0 aromatic carbocycles. The number of nitrogens with zero attached hydrogens (tertiary/aromatic N) is 8. The Kier molecular flexibility index (Phi) is 4.27. The van der Waals surface area contributed by atoms with Crippen molar-refractivity contribution in [2.45, 2.75) is 25.8 Å². The van der Waals surface area contributed by atoms with Crippen LogP contribution < -0.4 is 4.90 Å². The van der Waals surface area contributed by atoms with E-state index in [0.29, 0.717) is 17.7 Å². The molecule has 1 atom stereocenters. The maximum Gasteiger partial charge on any atom is 0.249 e. The predicted octanol–water partition coefficient (Wildman–Crippen LogP) is 2.97. The zero-order valence-electron chi connectivity index (χ0n) is 16.2. The molecule has 146 valence electrons. The van der Waals surface area contributed by atoms with Gasteiger partial charge in [-0.2, -0.15) is 10.1 Å². The molecule has 5 heterocycles. The zero-order valence-corrected chi connectivity index (χ0v) is 16.2. The van der Waals surface area contributed by atoms with Crippen LogP contribution in [0.5, 0.6) is 0 Å². The molecule has 0 saturated carbocycles. The largest absolute Gasteiger partial charge is 0.337 e. The molecular weight excluding hydrogens is 368 g/mol. The molecule has 0 bridgehead atoms. The molecule has 0 N–H and O–H groups in total. The van der Waals surface area contributed by atoms with Gasteiger partial charge in [0, 0.05) is 49.5 Å². The molecule has 0 aliphatic carbocycles. The summed E-state index contributed by atoms with van der Waals surface area (Å²) in [5.41, 5.74) is 3.68. The van der Waals surface area contributed by atoms with Crippen molar-refractivity contribution in [3.05, 3.63) is 54.6 Å². The molecule has 4 aromatic rings. The lowest BCUT2D eigenvalue weighted by molar-refractivity contribution is 0.354. The molecule has 0 amide bonds. The normalized spacial score (nSPS) is 16.5. The Balaban J connectivity index is 1.45. The third kappa shape index (κ3) is 3.24. The van der Waals surface area contributed by atoms with Crippen molar-refractivity contribution in [2.75, 3.05) is 11.4 Å². The minimum absolute atomic E-state index is 0.0386. The first-order valence-corrected chi connectivity index (χ1v) is 9.53. The zero-order chi connectivity index (χ0) is 19.8. The van der Waals surface area contributed by atoms with E-state index in [-0.39, 0.29) is 6.04 Å². The highest BCUT2D eigenvalue weighted by atomic mass is 16.5. The fraction of sp³-hybridized carbons (Fsp3) is 0.300. The van der Waals surface area contributed by atoms with Crippen molar-refractivity contribution in [2.24, 2.45) is 7.05 Å². The van der Waals surface area contributed by atoms with Gasteiger partial charge in [-0.15, -0.1) is 0 Å². The van der Waals surface area contributed by atoms with E-state index in [4.69, 9.17) is 9.51 Å². The fourth-order valence-electron chi connectivity index (χ4n) is 3.74. The summed E-state index contributed by atoms with van der Waals surface area (Å²) in [7, 11) is 1.91. The molecule has 5 rings (SSSR count). The number of hydrogen-bond acceptors (Lipinski definition) is 8. The smallest absolute Gasteiger partial charge is 0.249 e. The van der Waals surface area contributed by atoms with Gasteiger partial charge in [0.1, 0.15) is 6.04 Å². The van der Waals surface area contributed by atoms with Gasteiger partial charge in [-0.3, -0.25) is 9.67 Å². The van der Waals surface area contributed by atoms with E-state index in [0.717, 1.165) is 41.9 Å². The highest BCUT2D eigenvalue weighted by molar-refractivity contribution is 5.62. The highest BCUT2D eigenvalue weighted by Gasteiger charge is 2.33. The van der Waals surface area contributed by atoms with Crippen molar-refractivity contribution in [1.29, 1.82) is 0 Å². The van der Waals surface area contributed by atoms with E-state index >= 15 is 0 Å². The van der Waals surface area contributed by atoms with Crippen molar-refractivity contribution >= 4 is 5.95 Å². The standard InChI is InChI=1S/C20H20N8O/c1-13-15(12-27(2)25-13)16-7-10-22-20(23-16)28-11-3-4-17(28)19-24-18(26-29-19)14-5-8-21-9-6-14/h5-10,12,17H,3-4,11H2,1-2H3/t17-/m1/s1. The van der Waals surface area contributed by atoms with Gasteiger partial charge in [-0.05, 0) is 38.0 Å². The summed E-state index contributed by atoms with van der Waals surface area (Å²) in [6.07, 6.45) is 9.12. The Labute approximate surface area is 167 Å². The molecule has 1 aliphatic heterocycles. The van der Waals surface area contributed by atoms with Crippen LogP contribution in [0.3, 0.4) is 0 Å². The summed E-state index contributed by atoms with van der Waals surface area (Å²) >= 11 is 0. The summed E-state index contributed by atoms with van der Waals surface area (Å²) in [4.78, 5) is 20.1. The average Bonchev–Trinajstić information content (AvgIpc) is 3.48. The lowest BCUT2D eigenvalue weighted by atomic mass is 10.2. The lowest BCUT2D eigenvalue weighted by Gasteiger charge is -2.21. The molecule has 1 fully saturated rings. The number of aromatic nitrogens is 7. The third-order valence-electron chi connectivity index (χ3n) is 5.11. The molecule has 29 heavy (non-hydrogen) atoms. The first-order chi connectivity index (χ1) is 14.2. The van der Waals surface area contributed by atoms with E-state index in [2.05, 4.69) is 30.1 Å². The number of pyridine rings is 1. The van der Waals surface area contributed by atoms with Gasteiger partial charge in [0.25, 0.3) is 0 Å². The maximum atomic E-state index is 5.60. The van der Waals surface area contributed by atoms with Gasteiger partial charge in [-0.25, -0.2) is 9.97 Å². The molecule has 9 nitrogen and oxygen atoms in total. The van der Waals surface area contributed by atoms with Crippen molar-refractivity contribution < 1.29 is 4.52 Å². The summed E-state index contributed by atoms with van der Waals surface area (Å²) < 4.78 is 7.40. The molecule has 9 heteroatoms. The quantitative estimate of drug-likeness (QED) is 0.526. The van der Waals surface area contributed by atoms with Crippen LogP contribution in [0.25, 0.3) is 22.6 Å². The van der Waals surface area contributed by atoms with E-state index in [1.54, 1.807) is 23.3 Å². The molecule has 0 spiro atoms. The van der Waals surface area contributed by atoms with E-state index in [1.807, 2.05) is 38.4 Å². The van der Waals surface area contributed by atoms with Gasteiger partial charge in [0.2, 0.25) is 17.7 Å². The molecule has 4 aromatic heterocycles. The van der Waals surface area contributed by atoms with Crippen LogP contribution in [-0.4, -0.2) is 41.4 Å². The third-order valence-corrected chi connectivity index (χ3v) is 5.11. The Bertz CT molecular complexity index is 1140. The first-order valence-electron chi connectivity index (χ1n) is 9.53. The van der Waals surface area contributed by atoms with Crippen molar-refractivity contribution in [1.82, 2.24) is 34.9 Å². The minimum atomic E-state index is -0.0386. The second-order valence-electron chi connectivity index (χ2n) is 7.09. The molecular formula is C20H20N8O. The monoisotopic (exact) mass is 388 g/mol. The van der Waals surface area contributed by atoms with Gasteiger partial charge in [0.05, 0.1) is 11.4 Å². The topological polar surface area (TPSA) is 98.7 Å². The van der Waals surface area contributed by atoms with Crippen LogP contribution in [-0.2, 0) is 7.05 Å². The van der Waals surface area contributed by atoms with Gasteiger partial charge in [-0.1, -0.05) is 5.16 Å². The van der Waals surface area contributed by atoms with Gasteiger partial charge < -0.3 is 9.42 Å². The lowest BCUT2D eigenvalue weighted by Crippen LogP contribution is -2.25. The van der Waals surface area contributed by atoms with Crippen molar-refractivity contribution in [3.63, 3.8) is 0 Å². The van der Waals surface area contributed by atoms with Gasteiger partial charge >= 0.3 is 0 Å². The Hall–Kier alpha value is -3.62. The minimum Gasteiger partial charge on any atom is -0.337 e. The Morgan fingerprint density at radius 2 is 1.97 bits per heavy atom. The second-order valence-corrected chi connectivity index (χ2v) is 7.09. The average molecular weight is 388 g/mol. The second kappa shape index (κ2) is 7.08. The molecule has 1 saturated heterocycles. The van der Waals surface area contributed by atoms with E-state index in [9.17, 15) is 0 Å². The van der Waals surface area contributed by atoms with E-state index in [1.165, 1.54) is 0 Å². The maximum absolute atomic E-state index is 5.60. The summed E-state index contributed by atoms with van der Waals surface area (Å²) in [5, 5.41) is 8.56. The van der Waals surface area contributed by atoms with Crippen LogP contribution >= 0.6 is 0 Å². The highest BCUT2D eigenvalue weighted by Crippen LogP contribution is 2.35. The van der Waals surface area contributed by atoms with Crippen LogP contribution in [0.15, 0.2) is 47.5 Å². The molecule has 1 aliphatic rings. The fourth-order valence-corrected chi connectivity index (χ4v) is 3.74. The molecule has 0 radical (unpaired) electrons. The summed E-state index contributed by atoms with van der Waals surface area (Å²) in [6.45, 7) is 2.82. The van der Waals surface area contributed by atoms with Crippen molar-refractivity contribution in [3.8, 4) is 22.6 Å². The predicted molar refractivity (Wildman–Crippen MR) is 106 cm³/mol. The number of aryl methyl sites for hydroxylation is 2. The number of rotatable bonds is 4. The summed E-state index contributed by atoms with van der Waals surface area (Å²) in [6, 6.07) is 5.60. The van der Waals surface area contributed by atoms with Crippen LogP contribution in [0.2, 0.25) is 0 Å². The van der Waals surface area contributed by atoms with Crippen LogP contribution in [0.4, 0.5) is 5.95 Å². The van der Waals surface area contributed by atoms with Crippen LogP contribution in [0, 0.1) is 6.92 Å². The Morgan fingerprint density at radius 1 is 1.10 bits per heavy atom. The first kappa shape index (κ1) is 17.5. The molecule has 0 unspecified atom stereocenters. The summed E-state index contributed by atoms with van der Waals surface area (Å²) in [5.74, 6) is 1.81. The van der Waals surface area contributed by atoms with Crippen LogP contribution in [0.1, 0.15) is 30.5 Å². The number of anilines is 1. The Morgan fingerprint density at radius 3 is 2.76 bits per heavy atom. The SMILES string of the molecule is Cc1nn(C)cc1-c1ccnc(N2CCC[C@@H]2c2nc(-c3ccncc3)no2)n1. The van der Waals surface area contributed by atoms with Gasteiger partial charge in [0.15, 0.2) is 0 Å². The number of hydrogen-bond donors (Lipinski definition) is 0.